The highest BCUT2D eigenvalue weighted by molar-refractivity contribution is 7.19. The predicted molar refractivity (Wildman–Crippen MR) is 99.2 cm³/mol. The van der Waals surface area contributed by atoms with Gasteiger partial charge in [0, 0.05) is 26.7 Å². The molecule has 2 heteroatoms. The van der Waals surface area contributed by atoms with Crippen molar-refractivity contribution in [1.82, 2.24) is 4.98 Å². The van der Waals surface area contributed by atoms with Gasteiger partial charge in [0.2, 0.25) is 0 Å². The van der Waals surface area contributed by atoms with Crippen molar-refractivity contribution in [2.24, 2.45) is 0 Å². The predicted octanol–water partition coefficient (Wildman–Crippen LogP) is 6.00. The topological polar surface area (TPSA) is 12.9 Å². The van der Waals surface area contributed by atoms with Crippen LogP contribution < -0.4 is 0 Å². The Labute approximate surface area is 139 Å². The largest absolute Gasteiger partial charge is 0.256 e. The molecule has 0 fully saturated rings. The van der Waals surface area contributed by atoms with E-state index in [1.165, 1.54) is 52.1 Å². The molecule has 1 nitrogen and oxygen atoms in total. The van der Waals surface area contributed by atoms with Crippen LogP contribution in [0.4, 0.5) is 0 Å². The number of fused-ring (bicyclic) bond motifs is 4. The van der Waals surface area contributed by atoms with E-state index in [-0.39, 0.29) is 0 Å². The molecule has 0 saturated carbocycles. The standard InChI is InChI=1S/C21H17NS/c1-2-7-15-14(6-1)12-13-22-20(15)18-10-5-9-17-16-8-3-4-11-19(16)23-21(17)18/h1-2,5-7,9-10,12-13H,3-4,8,11H2. The van der Waals surface area contributed by atoms with Gasteiger partial charge in [0.1, 0.15) is 0 Å². The Morgan fingerprint density at radius 1 is 0.826 bits per heavy atom. The van der Waals surface area contributed by atoms with Crippen LogP contribution in [-0.4, -0.2) is 4.98 Å². The van der Waals surface area contributed by atoms with E-state index in [1.54, 1.807) is 10.4 Å². The normalized spacial score (nSPS) is 14.3. The molecule has 0 saturated heterocycles. The van der Waals surface area contributed by atoms with Crippen LogP contribution in [0.2, 0.25) is 0 Å². The van der Waals surface area contributed by atoms with Crippen LogP contribution >= 0.6 is 11.3 Å². The maximum Gasteiger partial charge on any atom is 0.0794 e. The van der Waals surface area contributed by atoms with Gasteiger partial charge in [0.05, 0.1) is 5.69 Å². The molecule has 1 aliphatic rings. The van der Waals surface area contributed by atoms with Gasteiger partial charge in [0.25, 0.3) is 0 Å². The second-order valence-electron chi connectivity index (χ2n) is 6.27. The first kappa shape index (κ1) is 13.3. The summed E-state index contributed by atoms with van der Waals surface area (Å²) in [7, 11) is 0. The van der Waals surface area contributed by atoms with Gasteiger partial charge in [-0.3, -0.25) is 4.98 Å². The lowest BCUT2D eigenvalue weighted by atomic mass is 9.95. The molecule has 112 valence electrons. The highest BCUT2D eigenvalue weighted by atomic mass is 32.1. The fourth-order valence-electron chi connectivity index (χ4n) is 3.80. The second-order valence-corrected chi connectivity index (χ2v) is 7.38. The third-order valence-electron chi connectivity index (χ3n) is 4.91. The summed E-state index contributed by atoms with van der Waals surface area (Å²) in [5.74, 6) is 0. The van der Waals surface area contributed by atoms with Crippen molar-refractivity contribution >= 4 is 32.2 Å². The molecule has 2 aromatic heterocycles. The Morgan fingerprint density at radius 2 is 1.70 bits per heavy atom. The molecule has 0 spiro atoms. The number of aromatic nitrogens is 1. The van der Waals surface area contributed by atoms with Gasteiger partial charge in [-0.2, -0.15) is 0 Å². The van der Waals surface area contributed by atoms with E-state index in [9.17, 15) is 0 Å². The zero-order valence-corrected chi connectivity index (χ0v) is 13.7. The van der Waals surface area contributed by atoms with Crippen molar-refractivity contribution in [1.29, 1.82) is 0 Å². The summed E-state index contributed by atoms with van der Waals surface area (Å²) in [6.45, 7) is 0. The van der Waals surface area contributed by atoms with E-state index in [4.69, 9.17) is 4.98 Å². The van der Waals surface area contributed by atoms with Gasteiger partial charge < -0.3 is 0 Å². The third-order valence-corrected chi connectivity index (χ3v) is 6.25. The molecule has 0 unspecified atom stereocenters. The van der Waals surface area contributed by atoms with Gasteiger partial charge in [0.15, 0.2) is 0 Å². The maximum absolute atomic E-state index is 4.74. The van der Waals surface area contributed by atoms with Crippen molar-refractivity contribution in [2.45, 2.75) is 25.7 Å². The lowest BCUT2D eigenvalue weighted by Gasteiger charge is -2.10. The van der Waals surface area contributed by atoms with Crippen LogP contribution in [0, 0.1) is 0 Å². The fourth-order valence-corrected chi connectivity index (χ4v) is 5.21. The SMILES string of the molecule is c1ccc2c(-c3cccc4c5c(sc34)CCCC5)nccc2c1. The van der Waals surface area contributed by atoms with Crippen molar-refractivity contribution in [3.63, 3.8) is 0 Å². The number of rotatable bonds is 1. The summed E-state index contributed by atoms with van der Waals surface area (Å²) < 4.78 is 1.42. The molecule has 0 bridgehead atoms. The van der Waals surface area contributed by atoms with Crippen LogP contribution in [0.3, 0.4) is 0 Å². The van der Waals surface area contributed by atoms with Crippen molar-refractivity contribution in [3.8, 4) is 11.3 Å². The van der Waals surface area contributed by atoms with E-state index in [0.29, 0.717) is 0 Å². The molecule has 0 N–H and O–H groups in total. The highest BCUT2D eigenvalue weighted by Crippen LogP contribution is 2.42. The quantitative estimate of drug-likeness (QED) is 0.420. The number of hydrogen-bond acceptors (Lipinski definition) is 2. The van der Waals surface area contributed by atoms with Crippen LogP contribution in [0.25, 0.3) is 32.1 Å². The summed E-state index contributed by atoms with van der Waals surface area (Å²) in [4.78, 5) is 6.34. The Hall–Kier alpha value is -2.19. The first-order valence-corrected chi connectivity index (χ1v) is 9.11. The molecular weight excluding hydrogens is 298 g/mol. The first-order chi connectivity index (χ1) is 11.4. The summed E-state index contributed by atoms with van der Waals surface area (Å²) in [6, 6.07) is 17.4. The minimum absolute atomic E-state index is 1.12. The molecular formula is C21H17NS. The lowest BCUT2D eigenvalue weighted by molar-refractivity contribution is 0.700. The van der Waals surface area contributed by atoms with Gasteiger partial charge in [-0.05, 0) is 48.1 Å². The second kappa shape index (κ2) is 5.17. The van der Waals surface area contributed by atoms with Gasteiger partial charge in [-0.25, -0.2) is 0 Å². The van der Waals surface area contributed by atoms with E-state index < -0.39 is 0 Å². The minimum Gasteiger partial charge on any atom is -0.256 e. The molecule has 0 radical (unpaired) electrons. The average molecular weight is 315 g/mol. The Balaban J connectivity index is 1.84. The van der Waals surface area contributed by atoms with Crippen molar-refractivity contribution in [3.05, 3.63) is 65.2 Å². The van der Waals surface area contributed by atoms with Crippen LogP contribution in [0.5, 0.6) is 0 Å². The first-order valence-electron chi connectivity index (χ1n) is 8.29. The number of thiophene rings is 1. The smallest absolute Gasteiger partial charge is 0.0794 e. The van der Waals surface area contributed by atoms with Crippen LogP contribution in [-0.2, 0) is 12.8 Å². The minimum atomic E-state index is 1.12. The van der Waals surface area contributed by atoms with Gasteiger partial charge in [-0.15, -0.1) is 11.3 Å². The molecule has 2 aromatic carbocycles. The molecule has 4 aromatic rings. The third kappa shape index (κ3) is 2.02. The Morgan fingerprint density at radius 3 is 2.70 bits per heavy atom. The van der Waals surface area contributed by atoms with Crippen molar-refractivity contribution < 1.29 is 0 Å². The van der Waals surface area contributed by atoms with E-state index >= 15 is 0 Å². The molecule has 0 amide bonds. The molecule has 0 aliphatic heterocycles. The number of nitrogens with zero attached hydrogens (tertiary/aromatic N) is 1. The number of hydrogen-bond donors (Lipinski definition) is 0. The number of aryl methyl sites for hydroxylation is 2. The van der Waals surface area contributed by atoms with Crippen LogP contribution in [0.1, 0.15) is 23.3 Å². The molecule has 1 aliphatic carbocycles. The number of benzene rings is 2. The monoisotopic (exact) mass is 315 g/mol. The van der Waals surface area contributed by atoms with Crippen LogP contribution in [0.15, 0.2) is 54.7 Å². The lowest BCUT2D eigenvalue weighted by Crippen LogP contribution is -1.97. The molecule has 23 heavy (non-hydrogen) atoms. The fraction of sp³-hybridized carbons (Fsp3) is 0.190. The molecule has 0 atom stereocenters. The van der Waals surface area contributed by atoms with Gasteiger partial charge >= 0.3 is 0 Å². The summed E-state index contributed by atoms with van der Waals surface area (Å²) in [5.41, 5.74) is 4.00. The average Bonchev–Trinajstić information content (AvgIpc) is 3.00. The maximum atomic E-state index is 4.74. The zero-order chi connectivity index (χ0) is 15.2. The highest BCUT2D eigenvalue weighted by Gasteiger charge is 2.18. The molecule has 5 rings (SSSR count). The summed E-state index contributed by atoms with van der Waals surface area (Å²) >= 11 is 1.99. The van der Waals surface area contributed by atoms with Gasteiger partial charge in [-0.1, -0.05) is 42.5 Å². The van der Waals surface area contributed by atoms with E-state index in [2.05, 4.69) is 48.5 Å². The van der Waals surface area contributed by atoms with Crippen molar-refractivity contribution in [2.75, 3.05) is 0 Å². The summed E-state index contributed by atoms with van der Waals surface area (Å²) in [5, 5.41) is 3.96. The Bertz CT molecular complexity index is 1020. The van der Waals surface area contributed by atoms with E-state index in [1.807, 2.05) is 17.5 Å². The molecule has 2 heterocycles. The zero-order valence-electron chi connectivity index (χ0n) is 12.9. The number of pyridine rings is 1. The van der Waals surface area contributed by atoms with E-state index in [0.717, 1.165) is 5.69 Å². The Kier molecular flexibility index (Phi) is 2.98. The summed E-state index contributed by atoms with van der Waals surface area (Å²) in [6.07, 6.45) is 7.08.